The molecule has 0 saturated carbocycles. The van der Waals surface area contributed by atoms with Crippen molar-refractivity contribution in [3.8, 4) is 0 Å². The lowest BCUT2D eigenvalue weighted by Crippen LogP contribution is -2.47. The van der Waals surface area contributed by atoms with E-state index >= 15 is 0 Å². The Morgan fingerprint density at radius 2 is 2.36 bits per heavy atom. The third kappa shape index (κ3) is 1.26. The topological polar surface area (TPSA) is 79.5 Å². The van der Waals surface area contributed by atoms with Crippen LogP contribution in [-0.4, -0.2) is 22.1 Å². The lowest BCUT2D eigenvalue weighted by Gasteiger charge is -2.26. The van der Waals surface area contributed by atoms with Gasteiger partial charge in [0.05, 0.1) is 6.04 Å². The molecule has 2 heterocycles. The van der Waals surface area contributed by atoms with Gasteiger partial charge < -0.3 is 5.73 Å². The summed E-state index contributed by atoms with van der Waals surface area (Å²) in [5.41, 5.74) is 7.09. The van der Waals surface area contributed by atoms with E-state index in [4.69, 9.17) is 5.73 Å². The van der Waals surface area contributed by atoms with Crippen LogP contribution in [0.2, 0.25) is 0 Å². The van der Waals surface area contributed by atoms with Crippen molar-refractivity contribution in [2.45, 2.75) is 19.4 Å². The highest BCUT2D eigenvalue weighted by Gasteiger charge is 2.30. The average Bonchev–Trinajstić information content (AvgIpc) is 2.16. The van der Waals surface area contributed by atoms with Gasteiger partial charge in [-0.15, -0.1) is 0 Å². The summed E-state index contributed by atoms with van der Waals surface area (Å²) in [5, 5.41) is 10.0. The average molecular weight is 193 g/mol. The molecule has 5 heteroatoms. The molecule has 0 saturated heterocycles. The summed E-state index contributed by atoms with van der Waals surface area (Å²) in [6.45, 7) is 1.80. The number of aryl methyl sites for hydroxylation is 1. The Kier molecular flexibility index (Phi) is 1.98. The Morgan fingerprint density at radius 1 is 1.64 bits per heavy atom. The fraction of sp³-hybridized carbons (Fsp3) is 0.333. The van der Waals surface area contributed by atoms with Gasteiger partial charge in [0.1, 0.15) is 0 Å². The zero-order valence-corrected chi connectivity index (χ0v) is 7.77. The standard InChI is InChI=1S/C9H11N3O2/c1-5-2-3-6-4-7(10)9(13)12(14)8(6)11-5/h2-3,7,14H,4,10H2,1H3/t7-/m0/s1. The lowest BCUT2D eigenvalue weighted by atomic mass is 10.0. The Labute approximate surface area is 81.1 Å². The zero-order chi connectivity index (χ0) is 10.3. The highest BCUT2D eigenvalue weighted by Crippen LogP contribution is 2.23. The van der Waals surface area contributed by atoms with Crippen LogP contribution in [0.15, 0.2) is 12.1 Å². The van der Waals surface area contributed by atoms with Crippen molar-refractivity contribution in [3.05, 3.63) is 23.4 Å². The molecule has 0 aliphatic carbocycles. The molecule has 2 rings (SSSR count). The third-order valence-corrected chi connectivity index (χ3v) is 2.26. The molecule has 0 spiro atoms. The second-order valence-electron chi connectivity index (χ2n) is 3.40. The molecule has 0 unspecified atom stereocenters. The van der Waals surface area contributed by atoms with Crippen LogP contribution in [0.4, 0.5) is 5.82 Å². The molecule has 0 aromatic carbocycles. The van der Waals surface area contributed by atoms with Crippen molar-refractivity contribution in [3.63, 3.8) is 0 Å². The highest BCUT2D eigenvalue weighted by atomic mass is 16.5. The van der Waals surface area contributed by atoms with Crippen molar-refractivity contribution in [2.24, 2.45) is 5.73 Å². The van der Waals surface area contributed by atoms with E-state index in [1.165, 1.54) is 0 Å². The van der Waals surface area contributed by atoms with Crippen LogP contribution in [0, 0.1) is 6.92 Å². The van der Waals surface area contributed by atoms with Gasteiger partial charge >= 0.3 is 0 Å². The number of anilines is 1. The fourth-order valence-corrected chi connectivity index (χ4v) is 1.50. The Bertz CT molecular complexity index is 392. The molecule has 74 valence electrons. The van der Waals surface area contributed by atoms with Gasteiger partial charge in [0.25, 0.3) is 5.91 Å². The minimum atomic E-state index is -0.669. The summed E-state index contributed by atoms with van der Waals surface area (Å²) in [6.07, 6.45) is 0.429. The van der Waals surface area contributed by atoms with Crippen LogP contribution in [0.1, 0.15) is 11.3 Å². The lowest BCUT2D eigenvalue weighted by molar-refractivity contribution is -0.125. The van der Waals surface area contributed by atoms with Gasteiger partial charge in [0.2, 0.25) is 0 Å². The first-order chi connectivity index (χ1) is 6.59. The quantitative estimate of drug-likeness (QED) is 0.568. The Hall–Kier alpha value is -1.46. The van der Waals surface area contributed by atoms with Crippen LogP contribution in [0.25, 0.3) is 0 Å². The Morgan fingerprint density at radius 3 is 3.07 bits per heavy atom. The monoisotopic (exact) mass is 193 g/mol. The van der Waals surface area contributed by atoms with E-state index in [2.05, 4.69) is 4.98 Å². The number of amides is 1. The minimum Gasteiger partial charge on any atom is -0.320 e. The molecule has 0 bridgehead atoms. The van der Waals surface area contributed by atoms with Crippen LogP contribution >= 0.6 is 0 Å². The number of hydrogen-bond donors (Lipinski definition) is 2. The fourth-order valence-electron chi connectivity index (χ4n) is 1.50. The summed E-state index contributed by atoms with van der Waals surface area (Å²) in [4.78, 5) is 15.4. The van der Waals surface area contributed by atoms with Gasteiger partial charge in [-0.3, -0.25) is 10.0 Å². The number of nitrogens with two attached hydrogens (primary N) is 1. The summed E-state index contributed by atoms with van der Waals surface area (Å²) >= 11 is 0. The van der Waals surface area contributed by atoms with Gasteiger partial charge in [-0.05, 0) is 18.6 Å². The number of fused-ring (bicyclic) bond motifs is 1. The molecular formula is C9H11N3O2. The van der Waals surface area contributed by atoms with Crippen molar-refractivity contribution in [2.75, 3.05) is 5.06 Å². The van der Waals surface area contributed by atoms with Gasteiger partial charge in [0.15, 0.2) is 5.82 Å². The molecule has 1 aromatic heterocycles. The first kappa shape index (κ1) is 9.11. The number of nitrogens with zero attached hydrogens (tertiary/aromatic N) is 2. The molecule has 0 radical (unpaired) electrons. The SMILES string of the molecule is Cc1ccc2c(n1)N(O)C(=O)[C@@H](N)C2. The highest BCUT2D eigenvalue weighted by molar-refractivity contribution is 5.97. The number of pyridine rings is 1. The minimum absolute atomic E-state index is 0.303. The van der Waals surface area contributed by atoms with Crippen LogP contribution < -0.4 is 10.8 Å². The summed E-state index contributed by atoms with van der Waals surface area (Å²) in [7, 11) is 0. The van der Waals surface area contributed by atoms with E-state index in [-0.39, 0.29) is 0 Å². The molecule has 1 atom stereocenters. The summed E-state index contributed by atoms with van der Waals surface area (Å²) in [5.74, 6) is -0.202. The number of hydrogen-bond acceptors (Lipinski definition) is 4. The number of rotatable bonds is 0. The number of carbonyl (C=O) groups excluding carboxylic acids is 1. The molecule has 5 nitrogen and oxygen atoms in total. The van der Waals surface area contributed by atoms with Crippen molar-refractivity contribution < 1.29 is 10.0 Å². The molecule has 0 fully saturated rings. The van der Waals surface area contributed by atoms with Crippen LogP contribution in [0.5, 0.6) is 0 Å². The molecular weight excluding hydrogens is 182 g/mol. The maximum atomic E-state index is 11.3. The van der Waals surface area contributed by atoms with Gasteiger partial charge in [-0.2, -0.15) is 5.06 Å². The summed E-state index contributed by atoms with van der Waals surface area (Å²) in [6, 6.07) is 2.99. The number of hydroxylamine groups is 1. The normalized spacial score (nSPS) is 20.9. The smallest absolute Gasteiger partial charge is 0.269 e. The molecule has 14 heavy (non-hydrogen) atoms. The second-order valence-corrected chi connectivity index (χ2v) is 3.40. The second kappa shape index (κ2) is 3.04. The maximum absolute atomic E-state index is 11.3. The van der Waals surface area contributed by atoms with Crippen molar-refractivity contribution in [1.29, 1.82) is 0 Å². The number of aromatic nitrogens is 1. The largest absolute Gasteiger partial charge is 0.320 e. The number of carbonyl (C=O) groups is 1. The van der Waals surface area contributed by atoms with Gasteiger partial charge in [-0.1, -0.05) is 6.07 Å². The molecule has 1 aromatic rings. The van der Waals surface area contributed by atoms with E-state index in [1.807, 2.05) is 12.1 Å². The first-order valence-corrected chi connectivity index (χ1v) is 4.34. The van der Waals surface area contributed by atoms with E-state index in [0.29, 0.717) is 17.3 Å². The third-order valence-electron chi connectivity index (χ3n) is 2.26. The van der Waals surface area contributed by atoms with Crippen LogP contribution in [-0.2, 0) is 11.2 Å². The molecule has 1 amide bonds. The predicted molar refractivity (Wildman–Crippen MR) is 49.9 cm³/mol. The van der Waals surface area contributed by atoms with E-state index in [1.54, 1.807) is 6.92 Å². The maximum Gasteiger partial charge on any atom is 0.269 e. The molecule has 1 aliphatic heterocycles. The van der Waals surface area contributed by atoms with Crippen molar-refractivity contribution in [1.82, 2.24) is 4.98 Å². The van der Waals surface area contributed by atoms with E-state index in [9.17, 15) is 10.0 Å². The van der Waals surface area contributed by atoms with Gasteiger partial charge in [0, 0.05) is 12.1 Å². The first-order valence-electron chi connectivity index (χ1n) is 4.34. The van der Waals surface area contributed by atoms with Gasteiger partial charge in [-0.25, -0.2) is 4.98 Å². The van der Waals surface area contributed by atoms with E-state index < -0.39 is 11.9 Å². The van der Waals surface area contributed by atoms with E-state index in [0.717, 1.165) is 11.3 Å². The van der Waals surface area contributed by atoms with Crippen LogP contribution in [0.3, 0.4) is 0 Å². The zero-order valence-electron chi connectivity index (χ0n) is 7.77. The summed E-state index contributed by atoms with van der Waals surface area (Å²) < 4.78 is 0. The molecule has 1 aliphatic rings. The predicted octanol–water partition coefficient (Wildman–Crippen LogP) is -0.00438. The van der Waals surface area contributed by atoms with Crippen molar-refractivity contribution >= 4 is 11.7 Å². The molecule has 3 N–H and O–H groups in total. The Balaban J connectivity index is 2.51.